The first-order chi connectivity index (χ1) is 4.81. The molecule has 0 atom stereocenters. The first-order valence-electron chi connectivity index (χ1n) is 2.89. The van der Waals surface area contributed by atoms with Crippen molar-refractivity contribution in [3.05, 3.63) is 0 Å². The molecular formula is C5H5F5O. The van der Waals surface area contributed by atoms with E-state index >= 15 is 0 Å². The maximum atomic E-state index is 12.3. The Morgan fingerprint density at radius 2 is 1.36 bits per heavy atom. The third-order valence-electron chi connectivity index (χ3n) is 1.48. The monoisotopic (exact) mass is 176 g/mol. The molecule has 1 saturated carbocycles. The van der Waals surface area contributed by atoms with Gasteiger partial charge >= 0.3 is 17.7 Å². The molecule has 11 heavy (non-hydrogen) atoms. The van der Waals surface area contributed by atoms with Crippen LogP contribution in [0.1, 0.15) is 6.92 Å². The molecule has 0 amide bonds. The van der Waals surface area contributed by atoms with Crippen LogP contribution in [0.3, 0.4) is 0 Å². The van der Waals surface area contributed by atoms with Crippen LogP contribution in [0.25, 0.3) is 0 Å². The van der Waals surface area contributed by atoms with Gasteiger partial charge in [0.05, 0.1) is 0 Å². The highest BCUT2D eigenvalue weighted by atomic mass is 19.3. The van der Waals surface area contributed by atoms with Gasteiger partial charge in [0, 0.05) is 6.61 Å². The lowest BCUT2D eigenvalue weighted by molar-refractivity contribution is -0.144. The molecule has 6 heteroatoms. The first kappa shape index (κ1) is 8.70. The van der Waals surface area contributed by atoms with E-state index in [4.69, 9.17) is 0 Å². The average molecular weight is 176 g/mol. The van der Waals surface area contributed by atoms with Crippen LogP contribution < -0.4 is 0 Å². The molecule has 66 valence electrons. The fraction of sp³-hybridized carbons (Fsp3) is 1.00. The van der Waals surface area contributed by atoms with Gasteiger partial charge in [-0.15, -0.1) is 0 Å². The second kappa shape index (κ2) is 1.85. The molecule has 0 N–H and O–H groups in total. The summed E-state index contributed by atoms with van der Waals surface area (Å²) in [4.78, 5) is 0. The van der Waals surface area contributed by atoms with Gasteiger partial charge in [-0.1, -0.05) is 0 Å². The van der Waals surface area contributed by atoms with Gasteiger partial charge in [0.25, 0.3) is 0 Å². The highest BCUT2D eigenvalue weighted by molar-refractivity contribution is 5.23. The van der Waals surface area contributed by atoms with E-state index in [-0.39, 0.29) is 0 Å². The topological polar surface area (TPSA) is 9.23 Å². The van der Waals surface area contributed by atoms with E-state index in [9.17, 15) is 22.0 Å². The van der Waals surface area contributed by atoms with Crippen molar-refractivity contribution in [1.29, 1.82) is 0 Å². The summed E-state index contributed by atoms with van der Waals surface area (Å²) in [5.41, 5.74) is 0. The van der Waals surface area contributed by atoms with Crippen molar-refractivity contribution in [1.82, 2.24) is 0 Å². The second-order valence-corrected chi connectivity index (χ2v) is 2.18. The van der Waals surface area contributed by atoms with E-state index in [1.54, 1.807) is 0 Å². The molecule has 1 fully saturated rings. The van der Waals surface area contributed by atoms with Gasteiger partial charge in [0.2, 0.25) is 0 Å². The van der Waals surface area contributed by atoms with Gasteiger partial charge in [-0.05, 0) is 6.92 Å². The van der Waals surface area contributed by atoms with Gasteiger partial charge in [0.15, 0.2) is 0 Å². The molecule has 0 aromatic rings. The van der Waals surface area contributed by atoms with Crippen molar-refractivity contribution < 1.29 is 26.7 Å². The summed E-state index contributed by atoms with van der Waals surface area (Å²) in [6.45, 7) is 0.646. The Bertz CT molecular complexity index is 164. The van der Waals surface area contributed by atoms with Crippen molar-refractivity contribution in [3.63, 3.8) is 0 Å². The first-order valence-corrected chi connectivity index (χ1v) is 2.89. The molecule has 0 heterocycles. The molecule has 1 rings (SSSR count). The predicted molar refractivity (Wildman–Crippen MR) is 25.4 cm³/mol. The zero-order valence-corrected chi connectivity index (χ0v) is 5.51. The summed E-state index contributed by atoms with van der Waals surface area (Å²) in [5.74, 6) is -13.4. The number of hydrogen-bond acceptors (Lipinski definition) is 1. The summed E-state index contributed by atoms with van der Waals surface area (Å²) in [6.07, 6.45) is 0. The SMILES string of the molecule is CCOC1(F)C(F)(F)C1(F)F. The smallest absolute Gasteiger partial charge is 0.336 e. The van der Waals surface area contributed by atoms with Crippen molar-refractivity contribution in [2.75, 3.05) is 6.61 Å². The fourth-order valence-electron chi connectivity index (χ4n) is 0.744. The Hall–Kier alpha value is -0.390. The van der Waals surface area contributed by atoms with Crippen molar-refractivity contribution in [3.8, 4) is 0 Å². The molecule has 0 aliphatic heterocycles. The van der Waals surface area contributed by atoms with Gasteiger partial charge < -0.3 is 4.74 Å². The Balaban J connectivity index is 2.78. The van der Waals surface area contributed by atoms with Crippen LogP contribution >= 0.6 is 0 Å². The van der Waals surface area contributed by atoms with Gasteiger partial charge in [-0.2, -0.15) is 22.0 Å². The van der Waals surface area contributed by atoms with Gasteiger partial charge in [0.1, 0.15) is 0 Å². The number of ether oxygens (including phenoxy) is 1. The minimum atomic E-state index is -4.67. The maximum Gasteiger partial charge on any atom is 0.380 e. The highest BCUT2D eigenvalue weighted by Gasteiger charge is 3.01. The number of halogens is 5. The molecule has 0 unspecified atom stereocenters. The lowest BCUT2D eigenvalue weighted by Crippen LogP contribution is -2.18. The lowest BCUT2D eigenvalue weighted by atomic mass is 10.7. The van der Waals surface area contributed by atoms with E-state index in [0.29, 0.717) is 0 Å². The van der Waals surface area contributed by atoms with Gasteiger partial charge in [-0.25, -0.2) is 0 Å². The molecule has 0 saturated heterocycles. The third kappa shape index (κ3) is 0.680. The van der Waals surface area contributed by atoms with E-state index in [2.05, 4.69) is 4.74 Å². The number of hydrogen-bond donors (Lipinski definition) is 0. The summed E-state index contributed by atoms with van der Waals surface area (Å²) in [6, 6.07) is 0. The maximum absolute atomic E-state index is 12.3. The van der Waals surface area contributed by atoms with Crippen molar-refractivity contribution >= 4 is 0 Å². The van der Waals surface area contributed by atoms with Crippen LogP contribution in [0, 0.1) is 0 Å². The summed E-state index contributed by atoms with van der Waals surface area (Å²) in [7, 11) is 0. The quantitative estimate of drug-likeness (QED) is 0.584. The zero-order chi connectivity index (χ0) is 8.91. The highest BCUT2D eigenvalue weighted by Crippen LogP contribution is 2.68. The number of alkyl halides is 5. The Morgan fingerprint density at radius 1 is 1.00 bits per heavy atom. The minimum absolute atomic E-state index is 0.512. The van der Waals surface area contributed by atoms with E-state index in [1.165, 1.54) is 0 Å². The van der Waals surface area contributed by atoms with Crippen LogP contribution in [-0.2, 0) is 4.74 Å². The van der Waals surface area contributed by atoms with Gasteiger partial charge in [-0.3, -0.25) is 0 Å². The van der Waals surface area contributed by atoms with Crippen molar-refractivity contribution in [2.24, 2.45) is 0 Å². The van der Waals surface area contributed by atoms with Crippen LogP contribution in [0.5, 0.6) is 0 Å². The summed E-state index contributed by atoms with van der Waals surface area (Å²) >= 11 is 0. The lowest BCUT2D eigenvalue weighted by Gasteiger charge is -2.02. The summed E-state index contributed by atoms with van der Waals surface area (Å²) < 4.78 is 63.5. The normalized spacial score (nSPS) is 30.0. The molecule has 1 aliphatic carbocycles. The number of rotatable bonds is 2. The van der Waals surface area contributed by atoms with Crippen LogP contribution in [0.15, 0.2) is 0 Å². The third-order valence-corrected chi connectivity index (χ3v) is 1.48. The van der Waals surface area contributed by atoms with E-state index in [1.807, 2.05) is 0 Å². The van der Waals surface area contributed by atoms with Crippen LogP contribution in [0.2, 0.25) is 0 Å². The molecule has 0 aromatic carbocycles. The Kier molecular flexibility index (Phi) is 1.47. The largest absolute Gasteiger partial charge is 0.380 e. The second-order valence-electron chi connectivity index (χ2n) is 2.18. The average Bonchev–Trinajstić information content (AvgIpc) is 2.12. The molecule has 0 radical (unpaired) electrons. The Morgan fingerprint density at radius 3 is 1.45 bits per heavy atom. The summed E-state index contributed by atoms with van der Waals surface area (Å²) in [5, 5.41) is 0. The Labute approximate surface area is 59.1 Å². The van der Waals surface area contributed by atoms with E-state index < -0.39 is 24.3 Å². The molecule has 0 spiro atoms. The van der Waals surface area contributed by atoms with E-state index in [0.717, 1.165) is 6.92 Å². The minimum Gasteiger partial charge on any atom is -0.336 e. The molecule has 1 aliphatic rings. The fourth-order valence-corrected chi connectivity index (χ4v) is 0.744. The molecular weight excluding hydrogens is 171 g/mol. The van der Waals surface area contributed by atoms with Crippen molar-refractivity contribution in [2.45, 2.75) is 24.6 Å². The molecule has 0 bridgehead atoms. The zero-order valence-electron chi connectivity index (χ0n) is 5.51. The van der Waals surface area contributed by atoms with Crippen LogP contribution in [-0.4, -0.2) is 24.3 Å². The standard InChI is InChI=1S/C5H5F5O/c1-2-11-5(10)3(6,7)4(5,8)9/h2H2,1H3. The molecule has 0 aromatic heterocycles. The predicted octanol–water partition coefficient (Wildman–Crippen LogP) is 1.97. The molecule has 1 nitrogen and oxygen atoms in total. The van der Waals surface area contributed by atoms with Crippen LogP contribution in [0.4, 0.5) is 22.0 Å².